The molecule has 0 atom stereocenters. The number of aliphatic hydroxyl groups is 1. The van der Waals surface area contributed by atoms with Gasteiger partial charge in [-0.15, -0.1) is 0 Å². The molecule has 0 amide bonds. The zero-order chi connectivity index (χ0) is 17.9. The fourth-order valence-corrected chi connectivity index (χ4v) is 3.56. The van der Waals surface area contributed by atoms with Crippen molar-refractivity contribution in [3.63, 3.8) is 0 Å². The van der Waals surface area contributed by atoms with Gasteiger partial charge in [-0.2, -0.15) is 0 Å². The van der Waals surface area contributed by atoms with Crippen LogP contribution in [0.15, 0.2) is 28.7 Å². The minimum atomic E-state index is -0.0660. The molecule has 1 aliphatic rings. The van der Waals surface area contributed by atoms with E-state index in [1.165, 1.54) is 0 Å². The van der Waals surface area contributed by atoms with E-state index in [-0.39, 0.29) is 12.0 Å². The molecule has 0 spiro atoms. The number of aryl methyl sites for hydroxylation is 2. The van der Waals surface area contributed by atoms with Crippen LogP contribution in [0.2, 0.25) is 0 Å². The van der Waals surface area contributed by atoms with E-state index in [2.05, 4.69) is 24.9 Å². The Balaban J connectivity index is 1.71. The van der Waals surface area contributed by atoms with E-state index in [0.717, 1.165) is 55.2 Å². The van der Waals surface area contributed by atoms with E-state index in [1.54, 1.807) is 0 Å². The van der Waals surface area contributed by atoms with Crippen LogP contribution in [0.25, 0.3) is 11.5 Å². The minimum Gasteiger partial charge on any atom is -0.441 e. The molecule has 0 unspecified atom stereocenters. The summed E-state index contributed by atoms with van der Waals surface area (Å²) in [5.74, 6) is 1.54. The third kappa shape index (κ3) is 4.11. The van der Waals surface area contributed by atoms with Crippen LogP contribution in [0.4, 0.5) is 0 Å². The Morgan fingerprint density at radius 3 is 2.60 bits per heavy atom. The number of aromatic nitrogens is 1. The van der Waals surface area contributed by atoms with Crippen LogP contribution in [0.5, 0.6) is 0 Å². The van der Waals surface area contributed by atoms with E-state index in [0.29, 0.717) is 12.4 Å². The first kappa shape index (κ1) is 18.1. The Labute approximate surface area is 149 Å². The van der Waals surface area contributed by atoms with Gasteiger partial charge in [-0.3, -0.25) is 4.90 Å². The monoisotopic (exact) mass is 344 g/mol. The first-order valence-electron chi connectivity index (χ1n) is 8.92. The highest BCUT2D eigenvalue weighted by atomic mass is 16.5. The van der Waals surface area contributed by atoms with Crippen molar-refractivity contribution in [2.24, 2.45) is 5.41 Å². The summed E-state index contributed by atoms with van der Waals surface area (Å²) in [5, 5.41) is 9.88. The maximum atomic E-state index is 9.88. The highest BCUT2D eigenvalue weighted by molar-refractivity contribution is 5.58. The second-order valence-corrected chi connectivity index (χ2v) is 7.28. The van der Waals surface area contributed by atoms with Crippen LogP contribution >= 0.6 is 0 Å². The number of rotatable bonds is 6. The second-order valence-electron chi connectivity index (χ2n) is 7.28. The van der Waals surface area contributed by atoms with Crippen LogP contribution < -0.4 is 0 Å². The van der Waals surface area contributed by atoms with E-state index >= 15 is 0 Å². The maximum Gasteiger partial charge on any atom is 0.226 e. The topological polar surface area (TPSA) is 58.7 Å². The molecule has 0 saturated carbocycles. The molecule has 3 rings (SSSR count). The van der Waals surface area contributed by atoms with Crippen molar-refractivity contribution in [3.05, 3.63) is 41.3 Å². The first-order chi connectivity index (χ1) is 12.0. The van der Waals surface area contributed by atoms with Crippen LogP contribution in [-0.2, 0) is 11.3 Å². The standard InChI is InChI=1S/C20H28N2O3/c1-15-6-4-5-7-17(15)19-21-18(16(2)25-19)12-22(3)13-20(14-23)8-10-24-11-9-20/h4-7,23H,8-14H2,1-3H3. The fourth-order valence-electron chi connectivity index (χ4n) is 3.56. The number of nitrogens with zero attached hydrogens (tertiary/aromatic N) is 2. The van der Waals surface area contributed by atoms with Gasteiger partial charge in [0.25, 0.3) is 0 Å². The molecule has 5 nitrogen and oxygen atoms in total. The molecule has 25 heavy (non-hydrogen) atoms. The van der Waals surface area contributed by atoms with Gasteiger partial charge in [-0.05, 0) is 45.4 Å². The van der Waals surface area contributed by atoms with E-state index in [9.17, 15) is 5.11 Å². The van der Waals surface area contributed by atoms with Crippen molar-refractivity contribution in [1.29, 1.82) is 0 Å². The van der Waals surface area contributed by atoms with Crippen molar-refractivity contribution < 1.29 is 14.3 Å². The number of benzene rings is 1. The van der Waals surface area contributed by atoms with Gasteiger partial charge in [-0.25, -0.2) is 4.98 Å². The van der Waals surface area contributed by atoms with Crippen molar-refractivity contribution in [1.82, 2.24) is 9.88 Å². The van der Waals surface area contributed by atoms with Gasteiger partial charge in [-0.1, -0.05) is 18.2 Å². The number of hydrogen-bond donors (Lipinski definition) is 1. The van der Waals surface area contributed by atoms with Crippen LogP contribution in [0.1, 0.15) is 29.9 Å². The van der Waals surface area contributed by atoms with Gasteiger partial charge in [0.2, 0.25) is 5.89 Å². The minimum absolute atomic E-state index is 0.0660. The largest absolute Gasteiger partial charge is 0.441 e. The Morgan fingerprint density at radius 2 is 1.92 bits per heavy atom. The second kappa shape index (κ2) is 7.68. The van der Waals surface area contributed by atoms with Gasteiger partial charge in [0.1, 0.15) is 5.76 Å². The van der Waals surface area contributed by atoms with Gasteiger partial charge in [0, 0.05) is 37.3 Å². The maximum absolute atomic E-state index is 9.88. The zero-order valence-corrected chi connectivity index (χ0v) is 15.4. The van der Waals surface area contributed by atoms with Crippen molar-refractivity contribution in [3.8, 4) is 11.5 Å². The molecule has 2 aromatic rings. The average Bonchev–Trinajstić information content (AvgIpc) is 2.96. The zero-order valence-electron chi connectivity index (χ0n) is 15.4. The predicted molar refractivity (Wildman–Crippen MR) is 97.3 cm³/mol. The highest BCUT2D eigenvalue weighted by Gasteiger charge is 2.33. The molecule has 2 heterocycles. The summed E-state index contributed by atoms with van der Waals surface area (Å²) in [4.78, 5) is 6.96. The van der Waals surface area contributed by atoms with E-state index in [4.69, 9.17) is 14.1 Å². The van der Waals surface area contributed by atoms with Gasteiger partial charge < -0.3 is 14.3 Å². The quantitative estimate of drug-likeness (QED) is 0.872. The third-order valence-corrected chi connectivity index (χ3v) is 5.18. The van der Waals surface area contributed by atoms with Crippen LogP contribution in [-0.4, -0.2) is 48.4 Å². The van der Waals surface area contributed by atoms with Gasteiger partial charge in [0.15, 0.2) is 0 Å². The molecule has 1 aromatic carbocycles. The fraction of sp³-hybridized carbons (Fsp3) is 0.550. The molecule has 1 aromatic heterocycles. The predicted octanol–water partition coefficient (Wildman–Crippen LogP) is 3.18. The van der Waals surface area contributed by atoms with Crippen molar-refractivity contribution in [2.45, 2.75) is 33.2 Å². The lowest BCUT2D eigenvalue weighted by molar-refractivity contribution is -0.0319. The molecular formula is C20H28N2O3. The Morgan fingerprint density at radius 1 is 1.20 bits per heavy atom. The normalized spacial score (nSPS) is 17.2. The number of oxazole rings is 1. The molecule has 1 saturated heterocycles. The summed E-state index contributed by atoms with van der Waals surface area (Å²) in [6.07, 6.45) is 1.81. The SMILES string of the molecule is Cc1ccccc1-c1nc(CN(C)CC2(CO)CCOCC2)c(C)o1. The Bertz CT molecular complexity index is 705. The number of aliphatic hydroxyl groups excluding tert-OH is 1. The lowest BCUT2D eigenvalue weighted by Gasteiger charge is -2.38. The smallest absolute Gasteiger partial charge is 0.226 e. The molecule has 1 N–H and O–H groups in total. The lowest BCUT2D eigenvalue weighted by Crippen LogP contribution is -2.42. The van der Waals surface area contributed by atoms with E-state index < -0.39 is 0 Å². The molecule has 1 aliphatic heterocycles. The number of hydrogen-bond acceptors (Lipinski definition) is 5. The molecule has 136 valence electrons. The lowest BCUT2D eigenvalue weighted by atomic mass is 9.80. The first-order valence-corrected chi connectivity index (χ1v) is 8.92. The third-order valence-electron chi connectivity index (χ3n) is 5.18. The molecule has 0 aliphatic carbocycles. The molecular weight excluding hydrogens is 316 g/mol. The van der Waals surface area contributed by atoms with Crippen LogP contribution in [0, 0.1) is 19.3 Å². The molecule has 0 radical (unpaired) electrons. The van der Waals surface area contributed by atoms with E-state index in [1.807, 2.05) is 25.1 Å². The van der Waals surface area contributed by atoms with Crippen molar-refractivity contribution >= 4 is 0 Å². The molecule has 1 fully saturated rings. The van der Waals surface area contributed by atoms with Crippen molar-refractivity contribution in [2.75, 3.05) is 33.4 Å². The number of ether oxygens (including phenoxy) is 1. The molecule has 0 bridgehead atoms. The van der Waals surface area contributed by atoms with Gasteiger partial charge in [0.05, 0.1) is 12.3 Å². The summed E-state index contributed by atoms with van der Waals surface area (Å²) >= 11 is 0. The molecule has 5 heteroatoms. The summed E-state index contributed by atoms with van der Waals surface area (Å²) in [5.41, 5.74) is 3.09. The Hall–Kier alpha value is -1.69. The average molecular weight is 344 g/mol. The van der Waals surface area contributed by atoms with Crippen LogP contribution in [0.3, 0.4) is 0 Å². The summed E-state index contributed by atoms with van der Waals surface area (Å²) in [6.45, 7) is 7.24. The Kier molecular flexibility index (Phi) is 5.57. The summed E-state index contributed by atoms with van der Waals surface area (Å²) in [7, 11) is 2.08. The van der Waals surface area contributed by atoms with Gasteiger partial charge >= 0.3 is 0 Å². The summed E-state index contributed by atoms with van der Waals surface area (Å²) in [6, 6.07) is 8.13. The highest BCUT2D eigenvalue weighted by Crippen LogP contribution is 2.31. The summed E-state index contributed by atoms with van der Waals surface area (Å²) < 4.78 is 11.4.